The Labute approximate surface area is 103 Å². The molecule has 5 heteroatoms. The van der Waals surface area contributed by atoms with Crippen LogP contribution in [0.4, 0.5) is 4.39 Å². The van der Waals surface area contributed by atoms with Crippen LogP contribution in [0, 0.1) is 5.82 Å². The lowest BCUT2D eigenvalue weighted by molar-refractivity contribution is 0.625. The summed E-state index contributed by atoms with van der Waals surface area (Å²) in [5.41, 5.74) is 2.21. The largest absolute Gasteiger partial charge is 0.264 e. The maximum absolute atomic E-state index is 13.1. The van der Waals surface area contributed by atoms with E-state index in [0.29, 0.717) is 11.4 Å². The Morgan fingerprint density at radius 1 is 1.11 bits per heavy atom. The van der Waals surface area contributed by atoms with Gasteiger partial charge in [-0.05, 0) is 30.3 Å². The van der Waals surface area contributed by atoms with E-state index in [1.165, 1.54) is 16.8 Å². The van der Waals surface area contributed by atoms with E-state index in [9.17, 15) is 4.39 Å². The fraction of sp³-hybridized carbons (Fsp3) is 0. The highest BCUT2D eigenvalue weighted by Gasteiger charge is 2.05. The first-order valence-corrected chi connectivity index (χ1v) is 5.41. The number of benzene rings is 1. The van der Waals surface area contributed by atoms with Crippen LogP contribution in [0.1, 0.15) is 0 Å². The van der Waals surface area contributed by atoms with Crippen molar-refractivity contribution in [1.29, 1.82) is 0 Å². The Balaban J connectivity index is 2.00. The summed E-state index contributed by atoms with van der Waals surface area (Å²) in [7, 11) is 0. The predicted octanol–water partition coefficient (Wildman–Crippen LogP) is 2.47. The Bertz CT molecular complexity index is 664. The SMILES string of the molecule is Fc1cccc(-n2cc(-c3cccnc3)nn2)c1. The second-order valence-corrected chi connectivity index (χ2v) is 3.77. The molecule has 0 aliphatic heterocycles. The molecule has 4 nitrogen and oxygen atoms in total. The van der Waals surface area contributed by atoms with E-state index in [-0.39, 0.29) is 5.82 Å². The first kappa shape index (κ1) is 10.6. The number of rotatable bonds is 2. The van der Waals surface area contributed by atoms with E-state index in [2.05, 4.69) is 15.3 Å². The number of halogens is 1. The number of hydrogen-bond acceptors (Lipinski definition) is 3. The van der Waals surface area contributed by atoms with Crippen LogP contribution in [0.3, 0.4) is 0 Å². The molecule has 2 heterocycles. The molecule has 0 unspecified atom stereocenters. The molecule has 0 N–H and O–H groups in total. The third-order valence-electron chi connectivity index (χ3n) is 2.52. The van der Waals surface area contributed by atoms with Gasteiger partial charge in [-0.25, -0.2) is 9.07 Å². The van der Waals surface area contributed by atoms with Crippen LogP contribution in [0.25, 0.3) is 16.9 Å². The van der Waals surface area contributed by atoms with Gasteiger partial charge in [-0.2, -0.15) is 0 Å². The summed E-state index contributed by atoms with van der Waals surface area (Å²) in [6.07, 6.45) is 5.15. The molecule has 18 heavy (non-hydrogen) atoms. The topological polar surface area (TPSA) is 43.6 Å². The summed E-state index contributed by atoms with van der Waals surface area (Å²) in [6.45, 7) is 0. The summed E-state index contributed by atoms with van der Waals surface area (Å²) in [5.74, 6) is -0.300. The van der Waals surface area contributed by atoms with Crippen molar-refractivity contribution in [1.82, 2.24) is 20.0 Å². The highest BCUT2D eigenvalue weighted by Crippen LogP contribution is 2.16. The van der Waals surface area contributed by atoms with Gasteiger partial charge in [0.1, 0.15) is 11.5 Å². The maximum Gasteiger partial charge on any atom is 0.125 e. The molecular weight excluding hydrogens is 231 g/mol. The zero-order chi connectivity index (χ0) is 12.4. The van der Waals surface area contributed by atoms with E-state index in [1.807, 2.05) is 12.1 Å². The average Bonchev–Trinajstić information content (AvgIpc) is 2.89. The van der Waals surface area contributed by atoms with Gasteiger partial charge in [-0.1, -0.05) is 11.3 Å². The van der Waals surface area contributed by atoms with Gasteiger partial charge in [0.15, 0.2) is 0 Å². The zero-order valence-corrected chi connectivity index (χ0v) is 9.36. The molecule has 1 aromatic carbocycles. The van der Waals surface area contributed by atoms with Crippen LogP contribution in [0.2, 0.25) is 0 Å². The van der Waals surface area contributed by atoms with E-state index >= 15 is 0 Å². The van der Waals surface area contributed by atoms with E-state index in [4.69, 9.17) is 0 Å². The molecule has 0 saturated carbocycles. The molecule has 0 radical (unpaired) electrons. The molecular formula is C13H9FN4. The standard InChI is InChI=1S/C13H9FN4/c14-11-4-1-5-12(7-11)18-9-13(16-17-18)10-3-2-6-15-8-10/h1-9H. The monoisotopic (exact) mass is 240 g/mol. The van der Waals surface area contributed by atoms with Gasteiger partial charge < -0.3 is 0 Å². The fourth-order valence-electron chi connectivity index (χ4n) is 1.66. The second kappa shape index (κ2) is 4.37. The van der Waals surface area contributed by atoms with E-state index < -0.39 is 0 Å². The van der Waals surface area contributed by atoms with Crippen molar-refractivity contribution >= 4 is 0 Å². The van der Waals surface area contributed by atoms with Crippen molar-refractivity contribution in [3.8, 4) is 16.9 Å². The van der Waals surface area contributed by atoms with Crippen molar-refractivity contribution in [2.45, 2.75) is 0 Å². The molecule has 0 aliphatic rings. The molecule has 3 rings (SSSR count). The fourth-order valence-corrected chi connectivity index (χ4v) is 1.66. The first-order valence-electron chi connectivity index (χ1n) is 5.41. The lowest BCUT2D eigenvalue weighted by Crippen LogP contribution is -1.94. The van der Waals surface area contributed by atoms with Gasteiger partial charge in [-0.15, -0.1) is 5.10 Å². The predicted molar refractivity (Wildman–Crippen MR) is 64.5 cm³/mol. The van der Waals surface area contributed by atoms with E-state index in [0.717, 1.165) is 5.56 Å². The molecule has 0 fully saturated rings. The van der Waals surface area contributed by atoms with Crippen molar-refractivity contribution in [3.05, 3.63) is 60.8 Å². The number of aromatic nitrogens is 4. The number of hydrogen-bond donors (Lipinski definition) is 0. The molecule has 0 aliphatic carbocycles. The van der Waals surface area contributed by atoms with E-state index in [1.54, 1.807) is 30.7 Å². The maximum atomic E-state index is 13.1. The van der Waals surface area contributed by atoms with Crippen LogP contribution in [-0.2, 0) is 0 Å². The highest BCUT2D eigenvalue weighted by atomic mass is 19.1. The minimum Gasteiger partial charge on any atom is -0.264 e. The average molecular weight is 240 g/mol. The van der Waals surface area contributed by atoms with Crippen LogP contribution in [0.15, 0.2) is 55.0 Å². The Hall–Kier alpha value is -2.56. The Kier molecular flexibility index (Phi) is 2.57. The molecule has 0 spiro atoms. The van der Waals surface area contributed by atoms with Gasteiger partial charge in [0.25, 0.3) is 0 Å². The van der Waals surface area contributed by atoms with Crippen LogP contribution in [0.5, 0.6) is 0 Å². The van der Waals surface area contributed by atoms with Gasteiger partial charge in [0, 0.05) is 18.0 Å². The number of pyridine rings is 1. The summed E-state index contributed by atoms with van der Waals surface area (Å²) >= 11 is 0. The van der Waals surface area contributed by atoms with Crippen molar-refractivity contribution in [2.75, 3.05) is 0 Å². The third kappa shape index (κ3) is 1.98. The smallest absolute Gasteiger partial charge is 0.125 e. The summed E-state index contributed by atoms with van der Waals surface area (Å²) in [5, 5.41) is 8.02. The lowest BCUT2D eigenvalue weighted by atomic mass is 10.2. The van der Waals surface area contributed by atoms with Crippen molar-refractivity contribution in [2.24, 2.45) is 0 Å². The summed E-state index contributed by atoms with van der Waals surface area (Å²) in [4.78, 5) is 4.02. The van der Waals surface area contributed by atoms with Crippen LogP contribution >= 0.6 is 0 Å². The summed E-state index contributed by atoms with van der Waals surface area (Å²) in [6, 6.07) is 9.93. The van der Waals surface area contributed by atoms with Gasteiger partial charge in [0.2, 0.25) is 0 Å². The minimum absolute atomic E-state index is 0.300. The van der Waals surface area contributed by atoms with Gasteiger partial charge in [0.05, 0.1) is 11.9 Å². The first-order chi connectivity index (χ1) is 8.83. The minimum atomic E-state index is -0.300. The van der Waals surface area contributed by atoms with Crippen molar-refractivity contribution in [3.63, 3.8) is 0 Å². The molecule has 88 valence electrons. The second-order valence-electron chi connectivity index (χ2n) is 3.77. The van der Waals surface area contributed by atoms with Crippen LogP contribution in [-0.4, -0.2) is 20.0 Å². The molecule has 2 aromatic heterocycles. The molecule has 0 saturated heterocycles. The van der Waals surface area contributed by atoms with Crippen molar-refractivity contribution < 1.29 is 4.39 Å². The molecule has 0 atom stereocenters. The lowest BCUT2D eigenvalue weighted by Gasteiger charge is -1.98. The Morgan fingerprint density at radius 2 is 2.06 bits per heavy atom. The number of nitrogens with zero attached hydrogens (tertiary/aromatic N) is 4. The quantitative estimate of drug-likeness (QED) is 0.691. The molecule has 0 amide bonds. The summed E-state index contributed by atoms with van der Waals surface area (Å²) < 4.78 is 14.6. The van der Waals surface area contributed by atoms with Crippen LogP contribution < -0.4 is 0 Å². The Morgan fingerprint density at radius 3 is 2.83 bits per heavy atom. The molecule has 0 bridgehead atoms. The normalized spacial score (nSPS) is 10.5. The highest BCUT2D eigenvalue weighted by molar-refractivity contribution is 5.56. The zero-order valence-electron chi connectivity index (χ0n) is 9.36. The van der Waals surface area contributed by atoms with Gasteiger partial charge >= 0.3 is 0 Å². The third-order valence-corrected chi connectivity index (χ3v) is 2.52. The molecule has 3 aromatic rings. The van der Waals surface area contributed by atoms with Gasteiger partial charge in [-0.3, -0.25) is 4.98 Å².